The third-order valence-corrected chi connectivity index (χ3v) is 12.9. The lowest BCUT2D eigenvalue weighted by molar-refractivity contribution is 1.30. The van der Waals surface area contributed by atoms with Gasteiger partial charge in [0.05, 0.1) is 10.4 Å². The first kappa shape index (κ1) is 35.6. The molecule has 11 rings (SSSR count). The number of anilines is 3. The van der Waals surface area contributed by atoms with E-state index in [9.17, 15) is 0 Å². The van der Waals surface area contributed by atoms with Gasteiger partial charge >= 0.3 is 0 Å². The molecule has 0 amide bonds. The number of fused-ring (bicyclic) bond motifs is 4. The van der Waals surface area contributed by atoms with Gasteiger partial charge in [0.1, 0.15) is 0 Å². The Morgan fingerprint density at radius 2 is 0.783 bits per heavy atom. The van der Waals surface area contributed by atoms with E-state index in [0.29, 0.717) is 0 Å². The zero-order chi connectivity index (χ0) is 39.8. The van der Waals surface area contributed by atoms with Crippen molar-refractivity contribution < 1.29 is 0 Å². The van der Waals surface area contributed by atoms with E-state index < -0.39 is 0 Å². The molecule has 0 bridgehead atoms. The molecule has 11 aromatic rings. The number of hydrogen-bond acceptors (Lipinski definition) is 2. The van der Waals surface area contributed by atoms with E-state index in [1.807, 2.05) is 11.3 Å². The molecule has 0 radical (unpaired) electrons. The molecule has 0 aliphatic rings. The lowest BCUT2D eigenvalue weighted by Gasteiger charge is -2.26. The summed E-state index contributed by atoms with van der Waals surface area (Å²) in [4.78, 5) is 2.44. The molecule has 0 saturated carbocycles. The number of hydrogen-bond donors (Lipinski definition) is 0. The van der Waals surface area contributed by atoms with Gasteiger partial charge in [-0.1, -0.05) is 194 Å². The van der Waals surface area contributed by atoms with Gasteiger partial charge in [0.15, 0.2) is 0 Å². The fourth-order valence-electron chi connectivity index (χ4n) is 8.77. The largest absolute Gasteiger partial charge is 0.309 e. The minimum absolute atomic E-state index is 1.10. The topological polar surface area (TPSA) is 3.24 Å². The second-order valence-corrected chi connectivity index (χ2v) is 16.3. The van der Waals surface area contributed by atoms with Crippen molar-refractivity contribution >= 4 is 59.3 Å². The maximum atomic E-state index is 2.44. The highest BCUT2D eigenvalue weighted by molar-refractivity contribution is 7.27. The standard InChI is InChI=1S/C58H39NS/c1-5-16-40(17-6-1)42-28-33-48(34-29-42)59(49-35-30-45(31-36-49)51-37-32-44-22-13-14-25-50(44)56(51)46-23-11-4-12-24-46)55-27-15-26-52-54-39-47(41-18-7-2-8-19-41)38-53(57(54)60-58(52)55)43-20-9-3-10-21-43/h1-39H. The lowest BCUT2D eigenvalue weighted by atomic mass is 9.90. The second-order valence-electron chi connectivity index (χ2n) is 15.3. The quantitative estimate of drug-likeness (QED) is 0.148. The normalized spacial score (nSPS) is 11.3. The summed E-state index contributed by atoms with van der Waals surface area (Å²) in [5.74, 6) is 0. The summed E-state index contributed by atoms with van der Waals surface area (Å²) >= 11 is 1.89. The van der Waals surface area contributed by atoms with Gasteiger partial charge in [-0.2, -0.15) is 0 Å². The zero-order valence-electron chi connectivity index (χ0n) is 32.9. The molecule has 0 unspecified atom stereocenters. The highest BCUT2D eigenvalue weighted by atomic mass is 32.1. The molecule has 1 heterocycles. The summed E-state index contributed by atoms with van der Waals surface area (Å²) in [6.07, 6.45) is 0. The monoisotopic (exact) mass is 781 g/mol. The van der Waals surface area contributed by atoms with Crippen LogP contribution >= 0.6 is 11.3 Å². The smallest absolute Gasteiger partial charge is 0.0640 e. The molecule has 2 heteroatoms. The lowest BCUT2D eigenvalue weighted by Crippen LogP contribution is -2.10. The van der Waals surface area contributed by atoms with Gasteiger partial charge in [-0.3, -0.25) is 0 Å². The molecular formula is C58H39NS. The van der Waals surface area contributed by atoms with Crippen LogP contribution in [0.2, 0.25) is 0 Å². The van der Waals surface area contributed by atoms with E-state index in [1.54, 1.807) is 0 Å². The molecule has 1 nitrogen and oxygen atoms in total. The third-order valence-electron chi connectivity index (χ3n) is 11.7. The SMILES string of the molecule is c1ccc(-c2ccc(N(c3ccc(-c4ccc5ccccc5c4-c4ccccc4)cc3)c3cccc4c3sc3c(-c5ccccc5)cc(-c5ccccc5)cc34)cc2)cc1. The zero-order valence-corrected chi connectivity index (χ0v) is 33.7. The minimum Gasteiger partial charge on any atom is -0.309 e. The van der Waals surface area contributed by atoms with Crippen LogP contribution in [0.5, 0.6) is 0 Å². The molecule has 0 saturated heterocycles. The molecule has 1 aromatic heterocycles. The predicted molar refractivity (Wildman–Crippen MR) is 259 cm³/mol. The molecule has 0 aliphatic heterocycles. The summed E-state index contributed by atoms with van der Waals surface area (Å²) in [5, 5.41) is 5.03. The molecule has 0 spiro atoms. The molecule has 0 atom stereocenters. The van der Waals surface area contributed by atoms with Crippen LogP contribution in [-0.2, 0) is 0 Å². The summed E-state index contributed by atoms with van der Waals surface area (Å²) in [6.45, 7) is 0. The third kappa shape index (κ3) is 6.44. The van der Waals surface area contributed by atoms with Gasteiger partial charge in [0, 0.05) is 32.4 Å². The van der Waals surface area contributed by atoms with Crippen molar-refractivity contribution in [3.8, 4) is 55.6 Å². The van der Waals surface area contributed by atoms with Gasteiger partial charge in [0.25, 0.3) is 0 Å². The Hall–Kier alpha value is -7.52. The Morgan fingerprint density at radius 3 is 1.43 bits per heavy atom. The van der Waals surface area contributed by atoms with Crippen LogP contribution in [0.3, 0.4) is 0 Å². The van der Waals surface area contributed by atoms with Gasteiger partial charge in [-0.25, -0.2) is 0 Å². The Morgan fingerprint density at radius 1 is 0.283 bits per heavy atom. The Bertz CT molecular complexity index is 3260. The van der Waals surface area contributed by atoms with Crippen LogP contribution in [0.15, 0.2) is 237 Å². The van der Waals surface area contributed by atoms with Crippen LogP contribution in [-0.4, -0.2) is 0 Å². The van der Waals surface area contributed by atoms with Crippen molar-refractivity contribution in [2.75, 3.05) is 4.90 Å². The van der Waals surface area contributed by atoms with E-state index in [2.05, 4.69) is 241 Å². The molecule has 60 heavy (non-hydrogen) atoms. The average Bonchev–Trinajstić information content (AvgIpc) is 3.72. The second kappa shape index (κ2) is 15.3. The van der Waals surface area contributed by atoms with Crippen molar-refractivity contribution in [3.63, 3.8) is 0 Å². The van der Waals surface area contributed by atoms with Gasteiger partial charge in [-0.15, -0.1) is 11.3 Å². The first-order chi connectivity index (χ1) is 29.8. The fourth-order valence-corrected chi connectivity index (χ4v) is 10.1. The predicted octanol–water partition coefficient (Wildman–Crippen LogP) is 17.0. The Labute approximate surface area is 354 Å². The first-order valence-electron chi connectivity index (χ1n) is 20.5. The summed E-state index contributed by atoms with van der Waals surface area (Å²) in [7, 11) is 0. The summed E-state index contributed by atoms with van der Waals surface area (Å²) in [5.41, 5.74) is 15.6. The Balaban J connectivity index is 1.10. The van der Waals surface area contributed by atoms with Crippen LogP contribution in [0.1, 0.15) is 0 Å². The van der Waals surface area contributed by atoms with Crippen LogP contribution < -0.4 is 4.90 Å². The minimum atomic E-state index is 1.10. The van der Waals surface area contributed by atoms with E-state index in [4.69, 9.17) is 0 Å². The molecule has 282 valence electrons. The summed E-state index contributed by atoms with van der Waals surface area (Å²) < 4.78 is 2.55. The van der Waals surface area contributed by atoms with Crippen LogP contribution in [0.4, 0.5) is 17.1 Å². The summed E-state index contributed by atoms with van der Waals surface area (Å²) in [6, 6.07) is 86.0. The fraction of sp³-hybridized carbons (Fsp3) is 0. The highest BCUT2D eigenvalue weighted by Gasteiger charge is 2.21. The van der Waals surface area contributed by atoms with Crippen molar-refractivity contribution in [3.05, 3.63) is 237 Å². The maximum absolute atomic E-state index is 2.44. The van der Waals surface area contributed by atoms with E-state index in [1.165, 1.54) is 86.6 Å². The van der Waals surface area contributed by atoms with Gasteiger partial charge in [0.2, 0.25) is 0 Å². The van der Waals surface area contributed by atoms with Crippen LogP contribution in [0.25, 0.3) is 86.6 Å². The van der Waals surface area contributed by atoms with Crippen molar-refractivity contribution in [2.45, 2.75) is 0 Å². The van der Waals surface area contributed by atoms with Crippen molar-refractivity contribution in [2.24, 2.45) is 0 Å². The van der Waals surface area contributed by atoms with Gasteiger partial charge < -0.3 is 4.90 Å². The number of rotatable bonds is 8. The molecule has 0 N–H and O–H groups in total. The maximum Gasteiger partial charge on any atom is 0.0640 e. The first-order valence-corrected chi connectivity index (χ1v) is 21.3. The molecule has 0 aliphatic carbocycles. The van der Waals surface area contributed by atoms with E-state index >= 15 is 0 Å². The van der Waals surface area contributed by atoms with Crippen LogP contribution in [0, 0.1) is 0 Å². The van der Waals surface area contributed by atoms with Crippen molar-refractivity contribution in [1.82, 2.24) is 0 Å². The van der Waals surface area contributed by atoms with Gasteiger partial charge in [-0.05, 0) is 103 Å². The number of benzene rings is 10. The van der Waals surface area contributed by atoms with E-state index in [0.717, 1.165) is 17.1 Å². The molecule has 0 fully saturated rings. The molecule has 10 aromatic carbocycles. The molecular weight excluding hydrogens is 743 g/mol. The van der Waals surface area contributed by atoms with Crippen molar-refractivity contribution in [1.29, 1.82) is 0 Å². The van der Waals surface area contributed by atoms with E-state index in [-0.39, 0.29) is 0 Å². The highest BCUT2D eigenvalue weighted by Crippen LogP contribution is 2.49. The number of nitrogens with zero attached hydrogens (tertiary/aromatic N) is 1. The average molecular weight is 782 g/mol. The number of thiophene rings is 1. The Kier molecular flexibility index (Phi) is 9.11.